The van der Waals surface area contributed by atoms with Gasteiger partial charge >= 0.3 is 0 Å². The van der Waals surface area contributed by atoms with Crippen molar-refractivity contribution in [3.8, 4) is 0 Å². The summed E-state index contributed by atoms with van der Waals surface area (Å²) in [6.45, 7) is 24.7. The lowest BCUT2D eigenvalue weighted by molar-refractivity contribution is -0.129. The summed E-state index contributed by atoms with van der Waals surface area (Å²) in [7, 11) is 0. The fraction of sp³-hybridized carbons (Fsp3) is 0.273. The SMILES string of the molecule is C=C.C=C/C=C(\C=C/C)C1=NN(C(C)=O)C(/C(C=C)=C/C=C)C1.CC. The first-order chi connectivity index (χ1) is 12.1. The molecule has 0 fully saturated rings. The van der Waals surface area contributed by atoms with Crippen LogP contribution in [0.1, 0.15) is 34.1 Å². The Balaban J connectivity index is 0. The number of rotatable bonds is 6. The van der Waals surface area contributed by atoms with Crippen LogP contribution in [-0.2, 0) is 4.79 Å². The lowest BCUT2D eigenvalue weighted by Crippen LogP contribution is -2.31. The van der Waals surface area contributed by atoms with Gasteiger partial charge in [-0.1, -0.05) is 76.1 Å². The molecule has 0 radical (unpaired) electrons. The molecule has 0 aromatic rings. The van der Waals surface area contributed by atoms with Crippen LogP contribution in [0, 0.1) is 0 Å². The van der Waals surface area contributed by atoms with E-state index >= 15 is 0 Å². The van der Waals surface area contributed by atoms with Crippen LogP contribution in [-0.4, -0.2) is 22.7 Å². The summed E-state index contributed by atoms with van der Waals surface area (Å²) in [6, 6.07) is -0.133. The Labute approximate surface area is 153 Å². The molecule has 3 heteroatoms. The largest absolute Gasteiger partial charge is 0.273 e. The highest BCUT2D eigenvalue weighted by Gasteiger charge is 2.31. The van der Waals surface area contributed by atoms with E-state index in [0.29, 0.717) is 6.42 Å². The van der Waals surface area contributed by atoms with Crippen LogP contribution in [0.3, 0.4) is 0 Å². The molecule has 0 bridgehead atoms. The molecule has 1 aliphatic rings. The number of allylic oxidation sites excluding steroid dienone is 7. The van der Waals surface area contributed by atoms with Gasteiger partial charge in [0.1, 0.15) is 0 Å². The molecule has 3 nitrogen and oxygen atoms in total. The van der Waals surface area contributed by atoms with Crippen LogP contribution in [0.5, 0.6) is 0 Å². The zero-order chi connectivity index (χ0) is 19.8. The number of carbonyl (C=O) groups excluding carboxylic acids is 1. The normalized spacial score (nSPS) is 16.9. The molecule has 1 heterocycles. The Morgan fingerprint density at radius 3 is 2.12 bits per heavy atom. The second-order valence-corrected chi connectivity index (χ2v) is 4.59. The van der Waals surface area contributed by atoms with Crippen molar-refractivity contribution in [1.82, 2.24) is 5.01 Å². The maximum Gasteiger partial charge on any atom is 0.240 e. The number of hydrogen-bond acceptors (Lipinski definition) is 2. The van der Waals surface area contributed by atoms with Gasteiger partial charge in [-0.2, -0.15) is 5.10 Å². The highest BCUT2D eigenvalue weighted by atomic mass is 16.2. The van der Waals surface area contributed by atoms with Gasteiger partial charge in [-0.3, -0.25) is 4.79 Å². The minimum Gasteiger partial charge on any atom is -0.273 e. The molecule has 0 saturated heterocycles. The molecular formula is C22H32N2O. The third kappa shape index (κ3) is 7.62. The van der Waals surface area contributed by atoms with E-state index in [-0.39, 0.29) is 11.9 Å². The number of nitrogens with zero attached hydrogens (tertiary/aromatic N) is 2. The van der Waals surface area contributed by atoms with Gasteiger partial charge in [0.15, 0.2) is 0 Å². The lowest BCUT2D eigenvalue weighted by atomic mass is 9.97. The number of hydrogen-bond donors (Lipinski definition) is 0. The van der Waals surface area contributed by atoms with Crippen LogP contribution in [0.25, 0.3) is 0 Å². The average molecular weight is 341 g/mol. The van der Waals surface area contributed by atoms with Crippen molar-refractivity contribution < 1.29 is 4.79 Å². The van der Waals surface area contributed by atoms with Crippen molar-refractivity contribution in [1.29, 1.82) is 0 Å². The fourth-order valence-electron chi connectivity index (χ4n) is 2.24. The lowest BCUT2D eigenvalue weighted by Gasteiger charge is -2.20. The van der Waals surface area contributed by atoms with Gasteiger partial charge in [0.05, 0.1) is 11.8 Å². The standard InChI is InChI=1S/C18H22N2O.C2H6.C2H4/c1-6-10-15(9-4)18-13-17(19-20(18)14(5)21)16(11-7-2)12-8-3;2*1-2/h6-12,18H,1-2,4,13H2,3,5H3;1-2H3;1-2H2/b12-8-,15-10+,16-11+;;. The number of hydrazone groups is 1. The Bertz CT molecular complexity index is 577. The summed E-state index contributed by atoms with van der Waals surface area (Å²) in [5.74, 6) is -0.0924. The molecule has 0 N–H and O–H groups in total. The monoisotopic (exact) mass is 340 g/mol. The van der Waals surface area contributed by atoms with E-state index in [1.807, 2.05) is 45.1 Å². The molecule has 1 atom stereocenters. The Morgan fingerprint density at radius 1 is 1.16 bits per heavy atom. The first kappa shape index (κ1) is 24.6. The first-order valence-electron chi connectivity index (χ1n) is 8.37. The first-order valence-corrected chi connectivity index (χ1v) is 8.37. The number of amides is 1. The van der Waals surface area contributed by atoms with E-state index in [1.54, 1.807) is 18.2 Å². The predicted octanol–water partition coefficient (Wildman–Crippen LogP) is 5.78. The summed E-state index contributed by atoms with van der Waals surface area (Å²) in [5.41, 5.74) is 2.76. The summed E-state index contributed by atoms with van der Waals surface area (Å²) in [4.78, 5) is 11.8. The molecule has 0 spiro atoms. The van der Waals surface area contributed by atoms with Crippen molar-refractivity contribution in [3.05, 3.63) is 86.6 Å². The Kier molecular flexibility index (Phi) is 14.6. The second-order valence-electron chi connectivity index (χ2n) is 4.59. The quantitative estimate of drug-likeness (QED) is 0.445. The molecule has 0 aromatic carbocycles. The van der Waals surface area contributed by atoms with Crippen LogP contribution in [0.4, 0.5) is 0 Å². The van der Waals surface area contributed by atoms with E-state index in [9.17, 15) is 4.79 Å². The van der Waals surface area contributed by atoms with Crippen molar-refractivity contribution in [2.45, 2.75) is 40.2 Å². The van der Waals surface area contributed by atoms with E-state index in [1.165, 1.54) is 11.9 Å². The van der Waals surface area contributed by atoms with Crippen LogP contribution < -0.4 is 0 Å². The van der Waals surface area contributed by atoms with E-state index < -0.39 is 0 Å². The van der Waals surface area contributed by atoms with Crippen LogP contribution in [0.2, 0.25) is 0 Å². The maximum atomic E-state index is 11.8. The van der Waals surface area contributed by atoms with Crippen molar-refractivity contribution >= 4 is 11.6 Å². The summed E-state index contributed by atoms with van der Waals surface area (Å²) >= 11 is 0. The van der Waals surface area contributed by atoms with Gasteiger partial charge in [-0.25, -0.2) is 5.01 Å². The molecule has 1 rings (SSSR count). The molecule has 0 saturated carbocycles. The predicted molar refractivity (Wildman–Crippen MR) is 113 cm³/mol. The minimum absolute atomic E-state index is 0.0924. The second kappa shape index (κ2) is 14.9. The maximum absolute atomic E-state index is 11.8. The molecule has 1 aliphatic heterocycles. The van der Waals surface area contributed by atoms with Crippen molar-refractivity contribution in [2.24, 2.45) is 5.10 Å². The Hall–Kier alpha value is -2.68. The van der Waals surface area contributed by atoms with E-state index in [4.69, 9.17) is 0 Å². The van der Waals surface area contributed by atoms with Gasteiger partial charge in [-0.15, -0.1) is 13.2 Å². The molecular weight excluding hydrogens is 308 g/mol. The van der Waals surface area contributed by atoms with Crippen molar-refractivity contribution in [3.63, 3.8) is 0 Å². The molecule has 136 valence electrons. The summed E-state index contributed by atoms with van der Waals surface area (Å²) < 4.78 is 0. The van der Waals surface area contributed by atoms with Gasteiger partial charge in [0.25, 0.3) is 0 Å². The molecule has 1 unspecified atom stereocenters. The smallest absolute Gasteiger partial charge is 0.240 e. The summed E-state index contributed by atoms with van der Waals surface area (Å²) in [6.07, 6.45) is 13.5. The minimum atomic E-state index is -0.133. The number of carbonyl (C=O) groups is 1. The zero-order valence-electron chi connectivity index (χ0n) is 16.2. The third-order valence-electron chi connectivity index (χ3n) is 3.14. The van der Waals surface area contributed by atoms with Crippen LogP contribution >= 0.6 is 0 Å². The fourth-order valence-corrected chi connectivity index (χ4v) is 2.24. The van der Waals surface area contributed by atoms with Crippen LogP contribution in [0.15, 0.2) is 91.7 Å². The molecule has 1 amide bonds. The van der Waals surface area contributed by atoms with Crippen molar-refractivity contribution in [2.75, 3.05) is 0 Å². The average Bonchev–Trinajstić information content (AvgIpc) is 3.08. The van der Waals surface area contributed by atoms with Gasteiger partial charge < -0.3 is 0 Å². The molecule has 0 aliphatic carbocycles. The molecule has 0 aromatic heterocycles. The zero-order valence-corrected chi connectivity index (χ0v) is 16.2. The van der Waals surface area contributed by atoms with Gasteiger partial charge in [0, 0.05) is 13.3 Å². The highest BCUT2D eigenvalue weighted by Crippen LogP contribution is 2.26. The highest BCUT2D eigenvalue weighted by molar-refractivity contribution is 6.05. The topological polar surface area (TPSA) is 32.7 Å². The third-order valence-corrected chi connectivity index (χ3v) is 3.14. The molecule has 25 heavy (non-hydrogen) atoms. The van der Waals surface area contributed by atoms with E-state index in [0.717, 1.165) is 16.9 Å². The van der Waals surface area contributed by atoms with E-state index in [2.05, 4.69) is 38.0 Å². The Morgan fingerprint density at radius 2 is 1.72 bits per heavy atom. The van der Waals surface area contributed by atoms with Gasteiger partial charge in [0.2, 0.25) is 5.91 Å². The van der Waals surface area contributed by atoms with Gasteiger partial charge in [-0.05, 0) is 18.1 Å². The summed E-state index contributed by atoms with van der Waals surface area (Å²) in [5, 5.41) is 5.97.